The predicted octanol–water partition coefficient (Wildman–Crippen LogP) is 7.66. The Labute approximate surface area is 211 Å². The summed E-state index contributed by atoms with van der Waals surface area (Å²) in [5.74, 6) is 3.39. The Kier molecular flexibility index (Phi) is 8.33. The first-order valence-corrected chi connectivity index (χ1v) is 12.4. The van der Waals surface area contributed by atoms with Gasteiger partial charge in [0.25, 0.3) is 0 Å². The Balaban J connectivity index is 0.00000274. The van der Waals surface area contributed by atoms with Gasteiger partial charge in [-0.2, -0.15) is 0 Å². The molecule has 0 unspecified atom stereocenters. The van der Waals surface area contributed by atoms with Gasteiger partial charge in [-0.1, -0.05) is 30.7 Å². The maximum atomic E-state index is 6.45. The van der Waals surface area contributed by atoms with E-state index >= 15 is 0 Å². The van der Waals surface area contributed by atoms with Crippen molar-refractivity contribution in [2.45, 2.75) is 19.3 Å². The first kappa shape index (κ1) is 24.4. The molecule has 0 radical (unpaired) electrons. The van der Waals surface area contributed by atoms with Crippen molar-refractivity contribution in [1.82, 2.24) is 4.90 Å². The molecule has 1 fully saturated rings. The van der Waals surface area contributed by atoms with Gasteiger partial charge < -0.3 is 14.2 Å². The summed E-state index contributed by atoms with van der Waals surface area (Å²) >= 11 is 1.73. The molecule has 0 saturated carbocycles. The number of hydrogen-bond donors (Lipinski definition) is 0. The molecule has 4 nitrogen and oxygen atoms in total. The zero-order valence-electron chi connectivity index (χ0n) is 19.4. The molecule has 0 atom stereocenters. The number of fused-ring (bicyclic) bond motifs is 1. The van der Waals surface area contributed by atoms with Gasteiger partial charge in [0.05, 0.1) is 12.0 Å². The van der Waals surface area contributed by atoms with Crippen molar-refractivity contribution in [3.8, 4) is 33.4 Å². The van der Waals surface area contributed by atoms with Gasteiger partial charge in [0.1, 0.15) is 23.9 Å². The fraction of sp³-hybridized carbons (Fsp3) is 0.286. The van der Waals surface area contributed by atoms with Crippen LogP contribution < -0.4 is 14.2 Å². The van der Waals surface area contributed by atoms with E-state index in [4.69, 9.17) is 14.2 Å². The summed E-state index contributed by atoms with van der Waals surface area (Å²) in [5.41, 5.74) is 1.09. The molecule has 1 aliphatic heterocycles. The largest absolute Gasteiger partial charge is 0.497 e. The summed E-state index contributed by atoms with van der Waals surface area (Å²) < 4.78 is 19.1. The van der Waals surface area contributed by atoms with E-state index in [0.29, 0.717) is 0 Å². The van der Waals surface area contributed by atoms with Crippen molar-refractivity contribution in [3.63, 3.8) is 0 Å². The molecular formula is C28H30ClNO3S. The van der Waals surface area contributed by atoms with Crippen LogP contribution in [0.15, 0.2) is 72.8 Å². The number of benzene rings is 3. The number of likely N-dealkylation sites (tertiary alicyclic amines) is 1. The lowest BCUT2D eigenvalue weighted by molar-refractivity contribution is 0.183. The number of hydrogen-bond acceptors (Lipinski definition) is 5. The second-order valence-electron chi connectivity index (χ2n) is 8.31. The van der Waals surface area contributed by atoms with Crippen LogP contribution in [0, 0.1) is 0 Å². The number of ether oxygens (including phenoxy) is 3. The van der Waals surface area contributed by atoms with E-state index in [0.717, 1.165) is 52.0 Å². The zero-order chi connectivity index (χ0) is 22.5. The van der Waals surface area contributed by atoms with Crippen LogP contribution in [0.4, 0.5) is 0 Å². The third-order valence-electron chi connectivity index (χ3n) is 6.05. The van der Waals surface area contributed by atoms with Gasteiger partial charge in [0, 0.05) is 16.6 Å². The van der Waals surface area contributed by atoms with Gasteiger partial charge in [-0.3, -0.25) is 4.90 Å². The van der Waals surface area contributed by atoms with Crippen molar-refractivity contribution >= 4 is 33.8 Å². The van der Waals surface area contributed by atoms with Crippen molar-refractivity contribution < 1.29 is 14.2 Å². The second-order valence-corrected chi connectivity index (χ2v) is 9.36. The normalized spacial score (nSPS) is 13.9. The van der Waals surface area contributed by atoms with Crippen LogP contribution in [0.25, 0.3) is 20.5 Å². The molecule has 0 N–H and O–H groups in total. The third kappa shape index (κ3) is 5.66. The summed E-state index contributed by atoms with van der Waals surface area (Å²) in [5, 5.41) is 1.11. The molecular weight excluding hydrogens is 466 g/mol. The smallest absolute Gasteiger partial charge is 0.153 e. The summed E-state index contributed by atoms with van der Waals surface area (Å²) in [6.45, 7) is 4.10. The van der Waals surface area contributed by atoms with E-state index in [9.17, 15) is 0 Å². The van der Waals surface area contributed by atoms with Crippen molar-refractivity contribution in [1.29, 1.82) is 0 Å². The van der Waals surface area contributed by atoms with E-state index in [1.807, 2.05) is 36.4 Å². The van der Waals surface area contributed by atoms with Crippen LogP contribution in [0.5, 0.6) is 23.0 Å². The van der Waals surface area contributed by atoms with Crippen LogP contribution >= 0.6 is 23.7 Å². The molecule has 5 rings (SSSR count). The second kappa shape index (κ2) is 11.6. The van der Waals surface area contributed by atoms with Gasteiger partial charge in [-0.15, -0.1) is 23.7 Å². The molecule has 1 saturated heterocycles. The number of halogens is 1. The molecule has 3 aromatic carbocycles. The lowest BCUT2D eigenvalue weighted by Crippen LogP contribution is -2.33. The SMILES string of the molecule is COc1cccc(-c2sc3ccccc3c2Oc2ccc(OCCN3CCCCC3)cc2)c1.Cl. The summed E-state index contributed by atoms with van der Waals surface area (Å²) in [6.07, 6.45) is 3.97. The van der Waals surface area contributed by atoms with Crippen LogP contribution in [0.3, 0.4) is 0 Å². The van der Waals surface area contributed by atoms with Crippen LogP contribution in [-0.2, 0) is 0 Å². The number of rotatable bonds is 8. The molecule has 178 valence electrons. The van der Waals surface area contributed by atoms with Crippen LogP contribution in [0.1, 0.15) is 19.3 Å². The summed E-state index contributed by atoms with van der Waals surface area (Å²) in [4.78, 5) is 3.58. The van der Waals surface area contributed by atoms with Crippen molar-refractivity contribution in [2.24, 2.45) is 0 Å². The molecule has 1 aliphatic rings. The maximum absolute atomic E-state index is 6.45. The number of nitrogens with zero attached hydrogens (tertiary/aromatic N) is 1. The third-order valence-corrected chi connectivity index (χ3v) is 7.25. The van der Waals surface area contributed by atoms with E-state index in [1.54, 1.807) is 18.4 Å². The molecule has 4 aromatic rings. The highest BCUT2D eigenvalue weighted by molar-refractivity contribution is 7.22. The predicted molar refractivity (Wildman–Crippen MR) is 143 cm³/mol. The summed E-state index contributed by atoms with van der Waals surface area (Å²) in [7, 11) is 1.69. The molecule has 34 heavy (non-hydrogen) atoms. The molecule has 0 amide bonds. The number of thiophene rings is 1. The minimum absolute atomic E-state index is 0. The zero-order valence-corrected chi connectivity index (χ0v) is 21.0. The average Bonchev–Trinajstić information content (AvgIpc) is 3.24. The summed E-state index contributed by atoms with van der Waals surface area (Å²) in [6, 6.07) is 24.4. The molecule has 1 aromatic heterocycles. The Morgan fingerprint density at radius 1 is 0.824 bits per heavy atom. The van der Waals surface area contributed by atoms with Crippen LogP contribution in [0.2, 0.25) is 0 Å². The minimum atomic E-state index is 0. The molecule has 0 aliphatic carbocycles. The quantitative estimate of drug-likeness (QED) is 0.251. The first-order valence-electron chi connectivity index (χ1n) is 11.6. The fourth-order valence-corrected chi connectivity index (χ4v) is 5.40. The highest BCUT2D eigenvalue weighted by Crippen LogP contribution is 2.46. The minimum Gasteiger partial charge on any atom is -0.497 e. The van der Waals surface area contributed by atoms with Gasteiger partial charge in [0.2, 0.25) is 0 Å². The monoisotopic (exact) mass is 495 g/mol. The molecule has 0 bridgehead atoms. The van der Waals surface area contributed by atoms with Crippen molar-refractivity contribution in [2.75, 3.05) is 33.4 Å². The fourth-order valence-electron chi connectivity index (χ4n) is 4.27. The van der Waals surface area contributed by atoms with Gasteiger partial charge in [0.15, 0.2) is 5.75 Å². The van der Waals surface area contributed by atoms with Gasteiger partial charge in [-0.05, 0) is 80.0 Å². The Morgan fingerprint density at radius 2 is 1.59 bits per heavy atom. The van der Waals surface area contributed by atoms with Crippen molar-refractivity contribution in [3.05, 3.63) is 72.8 Å². The Bertz CT molecular complexity index is 1200. The number of methoxy groups -OCH3 is 1. The topological polar surface area (TPSA) is 30.9 Å². The van der Waals surface area contributed by atoms with E-state index in [1.165, 1.54) is 37.1 Å². The molecule has 2 heterocycles. The average molecular weight is 496 g/mol. The van der Waals surface area contributed by atoms with Gasteiger partial charge >= 0.3 is 0 Å². The Hall–Kier alpha value is -2.73. The highest BCUT2D eigenvalue weighted by atomic mass is 35.5. The molecule has 0 spiro atoms. The lowest BCUT2D eigenvalue weighted by Gasteiger charge is -2.26. The standard InChI is InChI=1S/C28H29NO3S.ClH/c1-30-24-9-7-8-21(20-24)28-27(25-10-3-4-11-26(25)33-28)32-23-14-12-22(13-15-23)31-19-18-29-16-5-2-6-17-29;/h3-4,7-15,20H,2,5-6,16-19H2,1H3;1H. The highest BCUT2D eigenvalue weighted by Gasteiger charge is 2.17. The van der Waals surface area contributed by atoms with Crippen LogP contribution in [-0.4, -0.2) is 38.3 Å². The van der Waals surface area contributed by atoms with Gasteiger partial charge in [-0.25, -0.2) is 0 Å². The van der Waals surface area contributed by atoms with E-state index in [2.05, 4.69) is 41.3 Å². The number of piperidine rings is 1. The van der Waals surface area contributed by atoms with E-state index < -0.39 is 0 Å². The Morgan fingerprint density at radius 3 is 2.38 bits per heavy atom. The van der Waals surface area contributed by atoms with E-state index in [-0.39, 0.29) is 12.4 Å². The maximum Gasteiger partial charge on any atom is 0.153 e. The lowest BCUT2D eigenvalue weighted by atomic mass is 10.1. The first-order chi connectivity index (χ1) is 16.3. The molecule has 6 heteroatoms.